The molecule has 28 heavy (non-hydrogen) atoms. The second kappa shape index (κ2) is 9.14. The lowest BCUT2D eigenvalue weighted by atomic mass is 10.2. The monoisotopic (exact) mass is 406 g/mol. The van der Waals surface area contributed by atoms with Gasteiger partial charge in [0.05, 0.1) is 11.0 Å². The molecule has 150 valence electrons. The number of hydrogen-bond donors (Lipinski definition) is 1. The van der Waals surface area contributed by atoms with Crippen molar-refractivity contribution in [1.82, 2.24) is 10.3 Å². The fraction of sp³-hybridized carbons (Fsp3) is 0.400. The van der Waals surface area contributed by atoms with Crippen LogP contribution in [0.4, 0.5) is 4.39 Å². The third-order valence-corrected chi connectivity index (χ3v) is 7.02. The van der Waals surface area contributed by atoms with Crippen LogP contribution in [0.3, 0.4) is 0 Å². The molecular weight excluding hydrogens is 383 g/mol. The Labute approximate surface area is 164 Å². The summed E-state index contributed by atoms with van der Waals surface area (Å²) in [6.45, 7) is 0.140. The first kappa shape index (κ1) is 20.3. The van der Waals surface area contributed by atoms with E-state index in [1.54, 1.807) is 18.2 Å². The summed E-state index contributed by atoms with van der Waals surface area (Å²) in [6.07, 6.45) is 4.73. The Kier molecular flexibility index (Phi) is 6.61. The number of ether oxygens (including phenoxy) is 1. The van der Waals surface area contributed by atoms with E-state index in [0.717, 1.165) is 12.8 Å². The topological polar surface area (TPSA) is 85.4 Å². The zero-order chi connectivity index (χ0) is 20.0. The van der Waals surface area contributed by atoms with Gasteiger partial charge in [-0.05, 0) is 31.0 Å². The Morgan fingerprint density at radius 3 is 2.75 bits per heavy atom. The van der Waals surface area contributed by atoms with Crippen LogP contribution in [-0.4, -0.2) is 30.3 Å². The molecule has 1 aliphatic carbocycles. The number of halogens is 1. The van der Waals surface area contributed by atoms with Gasteiger partial charge in [0.25, 0.3) is 0 Å². The van der Waals surface area contributed by atoms with Gasteiger partial charge in [-0.15, -0.1) is 0 Å². The van der Waals surface area contributed by atoms with Gasteiger partial charge in [-0.1, -0.05) is 25.0 Å². The van der Waals surface area contributed by atoms with Crippen molar-refractivity contribution in [2.45, 2.75) is 43.9 Å². The highest BCUT2D eigenvalue weighted by Gasteiger charge is 2.28. The Hall–Kier alpha value is -2.48. The molecule has 1 fully saturated rings. The molecule has 0 aliphatic heterocycles. The number of nitrogens with zero attached hydrogens (tertiary/aromatic N) is 1. The lowest BCUT2D eigenvalue weighted by Crippen LogP contribution is -2.28. The molecule has 1 heterocycles. The maximum Gasteiger partial charge on any atom is 0.224 e. The predicted octanol–water partition coefficient (Wildman–Crippen LogP) is 3.38. The minimum absolute atomic E-state index is 0.0703. The first-order chi connectivity index (χ1) is 13.4. The van der Waals surface area contributed by atoms with Crippen molar-refractivity contribution < 1.29 is 22.3 Å². The van der Waals surface area contributed by atoms with Crippen molar-refractivity contribution in [1.29, 1.82) is 0 Å². The van der Waals surface area contributed by atoms with Crippen LogP contribution in [-0.2, 0) is 21.2 Å². The Bertz CT molecular complexity index is 927. The molecule has 1 saturated carbocycles. The van der Waals surface area contributed by atoms with E-state index in [9.17, 15) is 17.6 Å². The molecule has 3 rings (SSSR count). The molecule has 1 aliphatic rings. The molecule has 8 heteroatoms. The number of pyridine rings is 1. The van der Waals surface area contributed by atoms with Crippen molar-refractivity contribution in [3.05, 3.63) is 54.0 Å². The van der Waals surface area contributed by atoms with Crippen molar-refractivity contribution >= 4 is 15.7 Å². The van der Waals surface area contributed by atoms with Gasteiger partial charge in [-0.25, -0.2) is 17.8 Å². The molecule has 0 bridgehead atoms. The maximum atomic E-state index is 13.3. The highest BCUT2D eigenvalue weighted by atomic mass is 32.2. The minimum atomic E-state index is -3.22. The number of hydrogen-bond acceptors (Lipinski definition) is 5. The molecule has 0 saturated heterocycles. The van der Waals surface area contributed by atoms with Crippen molar-refractivity contribution in [2.24, 2.45) is 0 Å². The lowest BCUT2D eigenvalue weighted by molar-refractivity contribution is -0.120. The zero-order valence-electron chi connectivity index (χ0n) is 15.4. The maximum absolute atomic E-state index is 13.3. The number of benzene rings is 1. The highest BCUT2D eigenvalue weighted by Crippen LogP contribution is 2.26. The molecule has 0 radical (unpaired) electrons. The van der Waals surface area contributed by atoms with Gasteiger partial charge in [-0.3, -0.25) is 4.79 Å². The predicted molar refractivity (Wildman–Crippen MR) is 103 cm³/mol. The fourth-order valence-electron chi connectivity index (χ4n) is 3.22. The molecular formula is C20H23FN2O4S. The van der Waals surface area contributed by atoms with Crippen molar-refractivity contribution in [2.75, 3.05) is 5.75 Å². The molecule has 0 spiro atoms. The fourth-order valence-corrected chi connectivity index (χ4v) is 5.08. The molecule has 6 nitrogen and oxygen atoms in total. The molecule has 1 aromatic heterocycles. The molecule has 2 aromatic rings. The van der Waals surface area contributed by atoms with Gasteiger partial charge in [0.15, 0.2) is 9.84 Å². The normalized spacial score (nSPS) is 14.8. The summed E-state index contributed by atoms with van der Waals surface area (Å²) in [5, 5.41) is 2.40. The van der Waals surface area contributed by atoms with E-state index in [1.165, 1.54) is 24.4 Å². The van der Waals surface area contributed by atoms with Crippen molar-refractivity contribution in [3.63, 3.8) is 0 Å². The van der Waals surface area contributed by atoms with Crippen LogP contribution in [0.1, 0.15) is 37.7 Å². The van der Waals surface area contributed by atoms with Crippen LogP contribution in [0, 0.1) is 5.82 Å². The number of carbonyl (C=O) groups excluding carboxylic acids is 1. The molecule has 1 aromatic carbocycles. The highest BCUT2D eigenvalue weighted by molar-refractivity contribution is 7.92. The van der Waals surface area contributed by atoms with E-state index in [2.05, 4.69) is 10.3 Å². The average molecular weight is 406 g/mol. The van der Waals surface area contributed by atoms with Crippen LogP contribution in [0.15, 0.2) is 42.6 Å². The summed E-state index contributed by atoms with van der Waals surface area (Å²) < 4.78 is 43.4. The van der Waals surface area contributed by atoms with Gasteiger partial charge in [0.1, 0.15) is 11.6 Å². The average Bonchev–Trinajstić information content (AvgIpc) is 3.22. The summed E-state index contributed by atoms with van der Waals surface area (Å²) in [6, 6.07) is 9.12. The van der Waals surface area contributed by atoms with Gasteiger partial charge in [-0.2, -0.15) is 0 Å². The van der Waals surface area contributed by atoms with Crippen molar-refractivity contribution in [3.8, 4) is 11.6 Å². The summed E-state index contributed by atoms with van der Waals surface area (Å²) in [7, 11) is -3.22. The molecule has 0 atom stereocenters. The van der Waals surface area contributed by atoms with E-state index in [-0.39, 0.29) is 35.8 Å². The van der Waals surface area contributed by atoms with Gasteiger partial charge in [0.2, 0.25) is 11.8 Å². The minimum Gasteiger partial charge on any atom is -0.439 e. The third kappa shape index (κ3) is 5.51. The number of sulfone groups is 1. The number of rotatable bonds is 8. The Balaban J connectivity index is 1.55. The van der Waals surface area contributed by atoms with Crippen LogP contribution in [0.5, 0.6) is 11.6 Å². The smallest absolute Gasteiger partial charge is 0.224 e. The van der Waals surface area contributed by atoms with Crippen LogP contribution in [0.25, 0.3) is 0 Å². The Morgan fingerprint density at radius 2 is 2.00 bits per heavy atom. The number of aromatic nitrogens is 1. The van der Waals surface area contributed by atoms with Crippen LogP contribution >= 0.6 is 0 Å². The molecule has 0 unspecified atom stereocenters. The summed E-state index contributed by atoms with van der Waals surface area (Å²) >= 11 is 0. The Morgan fingerprint density at radius 1 is 1.21 bits per heavy atom. The summed E-state index contributed by atoms with van der Waals surface area (Å²) in [5.74, 6) is -0.349. The largest absolute Gasteiger partial charge is 0.439 e. The second-order valence-corrected chi connectivity index (χ2v) is 9.23. The standard InChI is InChI=1S/C20H23FN2O4S/c21-16-6-3-7-17(13-16)27-20-15(5-4-11-22-20)14-23-19(24)10-12-28(25,26)18-8-1-2-9-18/h3-7,11,13,18H,1-2,8-10,12,14H2,(H,23,24). The van der Waals surface area contributed by atoms with E-state index in [4.69, 9.17) is 4.74 Å². The van der Waals surface area contributed by atoms with E-state index < -0.39 is 15.7 Å². The summed E-state index contributed by atoms with van der Waals surface area (Å²) in [4.78, 5) is 16.2. The quantitative estimate of drug-likeness (QED) is 0.726. The molecule has 1 amide bonds. The first-order valence-corrected chi connectivity index (χ1v) is 11.0. The number of nitrogens with one attached hydrogen (secondary N) is 1. The SMILES string of the molecule is O=C(CCS(=O)(=O)C1CCCC1)NCc1cccnc1Oc1cccc(F)c1. The van der Waals surface area contributed by atoms with E-state index >= 15 is 0 Å². The number of amides is 1. The second-order valence-electron chi connectivity index (χ2n) is 6.83. The third-order valence-electron chi connectivity index (χ3n) is 4.76. The lowest BCUT2D eigenvalue weighted by Gasteiger charge is -2.12. The van der Waals surface area contributed by atoms with Crippen LogP contribution < -0.4 is 10.1 Å². The number of carbonyl (C=O) groups is 1. The van der Waals surface area contributed by atoms with Crippen LogP contribution in [0.2, 0.25) is 0 Å². The summed E-state index contributed by atoms with van der Waals surface area (Å²) in [5.41, 5.74) is 0.610. The van der Waals surface area contributed by atoms with E-state index in [0.29, 0.717) is 24.2 Å². The van der Waals surface area contributed by atoms with Gasteiger partial charge in [0, 0.05) is 30.8 Å². The van der Waals surface area contributed by atoms with Gasteiger partial charge < -0.3 is 10.1 Å². The van der Waals surface area contributed by atoms with Gasteiger partial charge >= 0.3 is 0 Å². The van der Waals surface area contributed by atoms with E-state index in [1.807, 2.05) is 0 Å². The zero-order valence-corrected chi connectivity index (χ0v) is 16.3. The molecule has 1 N–H and O–H groups in total. The first-order valence-electron chi connectivity index (χ1n) is 9.29.